The molecule has 2 aromatic rings. The van der Waals surface area contributed by atoms with Crippen molar-refractivity contribution in [3.8, 4) is 0 Å². The molecule has 0 amide bonds. The third kappa shape index (κ3) is 4.37. The molecule has 28 heavy (non-hydrogen) atoms. The molecule has 1 aromatic carbocycles. The lowest BCUT2D eigenvalue weighted by Gasteiger charge is -2.26. The van der Waals surface area contributed by atoms with E-state index in [2.05, 4.69) is 4.98 Å². The zero-order valence-electron chi connectivity index (χ0n) is 15.6. The monoisotopic (exact) mass is 413 g/mol. The summed E-state index contributed by atoms with van der Waals surface area (Å²) in [7, 11) is -0.539. The molecular weight excluding hydrogens is 391 g/mol. The Kier molecular flexibility index (Phi) is 5.79. The number of pyridine rings is 1. The SMILES string of the molecule is CN(C)S(=O)(=O)N1CCCC1c1ccc(Cc2cccc(C(F)(F)F)c2)cn1. The highest BCUT2D eigenvalue weighted by molar-refractivity contribution is 7.86. The van der Waals surface area contributed by atoms with E-state index in [1.165, 1.54) is 28.8 Å². The standard InChI is InChI=1S/C19H22F3N3O2S/c1-24(2)28(26,27)25-10-4-7-18(25)17-9-8-15(13-23-17)11-14-5-3-6-16(12-14)19(20,21)22/h3,5-6,8-9,12-13,18H,4,7,10-11H2,1-2H3. The highest BCUT2D eigenvalue weighted by Gasteiger charge is 2.37. The highest BCUT2D eigenvalue weighted by Crippen LogP contribution is 2.34. The Morgan fingerprint density at radius 2 is 1.93 bits per heavy atom. The molecule has 1 aromatic heterocycles. The van der Waals surface area contributed by atoms with Gasteiger partial charge in [-0.3, -0.25) is 4.98 Å². The molecule has 5 nitrogen and oxygen atoms in total. The van der Waals surface area contributed by atoms with E-state index < -0.39 is 21.9 Å². The van der Waals surface area contributed by atoms with Crippen LogP contribution < -0.4 is 0 Å². The van der Waals surface area contributed by atoms with Gasteiger partial charge in [-0.25, -0.2) is 0 Å². The number of benzene rings is 1. The van der Waals surface area contributed by atoms with Crippen molar-refractivity contribution in [1.29, 1.82) is 0 Å². The fourth-order valence-corrected chi connectivity index (χ4v) is 4.67. The lowest BCUT2D eigenvalue weighted by molar-refractivity contribution is -0.137. The van der Waals surface area contributed by atoms with E-state index in [4.69, 9.17) is 0 Å². The number of aromatic nitrogens is 1. The predicted molar refractivity (Wildman–Crippen MR) is 99.8 cm³/mol. The molecule has 0 saturated carbocycles. The fourth-order valence-electron chi connectivity index (χ4n) is 3.35. The third-order valence-electron chi connectivity index (χ3n) is 4.81. The Labute approximate surface area is 163 Å². The van der Waals surface area contributed by atoms with Crippen LogP contribution in [0, 0.1) is 0 Å². The van der Waals surface area contributed by atoms with E-state index in [9.17, 15) is 21.6 Å². The van der Waals surface area contributed by atoms with Gasteiger partial charge in [-0.2, -0.15) is 30.2 Å². The fraction of sp³-hybridized carbons (Fsp3) is 0.421. The van der Waals surface area contributed by atoms with Gasteiger partial charge in [0.1, 0.15) is 0 Å². The van der Waals surface area contributed by atoms with Gasteiger partial charge in [0, 0.05) is 26.8 Å². The maximum absolute atomic E-state index is 12.9. The first-order valence-electron chi connectivity index (χ1n) is 8.89. The minimum atomic E-state index is -4.37. The Hall–Kier alpha value is -1.97. The Bertz CT molecular complexity index is 928. The summed E-state index contributed by atoms with van der Waals surface area (Å²) in [6.07, 6.45) is -1.00. The minimum Gasteiger partial charge on any atom is -0.259 e. The summed E-state index contributed by atoms with van der Waals surface area (Å²) in [5.74, 6) is 0. The molecule has 1 aliphatic heterocycles. The number of hydrogen-bond donors (Lipinski definition) is 0. The van der Waals surface area contributed by atoms with Gasteiger partial charge in [-0.05, 0) is 42.5 Å². The normalized spacial score (nSPS) is 18.7. The van der Waals surface area contributed by atoms with Crippen LogP contribution in [0.3, 0.4) is 0 Å². The number of hydrogen-bond acceptors (Lipinski definition) is 3. The summed E-state index contributed by atoms with van der Waals surface area (Å²) in [5.41, 5.74) is 1.28. The van der Waals surface area contributed by atoms with Gasteiger partial charge in [-0.1, -0.05) is 24.3 Å². The van der Waals surface area contributed by atoms with Gasteiger partial charge < -0.3 is 0 Å². The van der Waals surface area contributed by atoms with Gasteiger partial charge in [0.15, 0.2) is 0 Å². The van der Waals surface area contributed by atoms with Crippen LogP contribution in [0.4, 0.5) is 13.2 Å². The second kappa shape index (κ2) is 7.81. The number of halogens is 3. The molecule has 1 unspecified atom stereocenters. The molecule has 2 heterocycles. The minimum absolute atomic E-state index is 0.321. The molecule has 0 aliphatic carbocycles. The topological polar surface area (TPSA) is 53.5 Å². The van der Waals surface area contributed by atoms with E-state index in [-0.39, 0.29) is 6.04 Å². The van der Waals surface area contributed by atoms with Crippen LogP contribution in [0.5, 0.6) is 0 Å². The smallest absolute Gasteiger partial charge is 0.259 e. The first-order valence-corrected chi connectivity index (χ1v) is 10.3. The van der Waals surface area contributed by atoms with Crippen molar-refractivity contribution in [2.45, 2.75) is 31.5 Å². The Morgan fingerprint density at radius 1 is 1.18 bits per heavy atom. The molecule has 0 bridgehead atoms. The molecule has 9 heteroatoms. The summed E-state index contributed by atoms with van der Waals surface area (Å²) >= 11 is 0. The molecule has 152 valence electrons. The van der Waals surface area contributed by atoms with Gasteiger partial charge in [0.2, 0.25) is 0 Å². The van der Waals surface area contributed by atoms with E-state index >= 15 is 0 Å². The van der Waals surface area contributed by atoms with Crippen molar-refractivity contribution in [2.24, 2.45) is 0 Å². The van der Waals surface area contributed by atoms with E-state index in [0.29, 0.717) is 30.6 Å². The van der Waals surface area contributed by atoms with Crippen molar-refractivity contribution >= 4 is 10.2 Å². The summed E-state index contributed by atoms with van der Waals surface area (Å²) in [5, 5.41) is 0. The molecule has 1 fully saturated rings. The van der Waals surface area contributed by atoms with Crippen molar-refractivity contribution in [1.82, 2.24) is 13.6 Å². The summed E-state index contributed by atoms with van der Waals surface area (Å²) in [6.45, 7) is 0.443. The second-order valence-electron chi connectivity index (χ2n) is 7.03. The second-order valence-corrected chi connectivity index (χ2v) is 9.12. The van der Waals surface area contributed by atoms with Crippen LogP contribution in [0.25, 0.3) is 0 Å². The number of rotatable bonds is 5. The van der Waals surface area contributed by atoms with Crippen molar-refractivity contribution in [2.75, 3.05) is 20.6 Å². The van der Waals surface area contributed by atoms with E-state index in [1.54, 1.807) is 24.4 Å². The van der Waals surface area contributed by atoms with Crippen LogP contribution >= 0.6 is 0 Å². The van der Waals surface area contributed by atoms with Crippen LogP contribution in [0.15, 0.2) is 42.6 Å². The quantitative estimate of drug-likeness (QED) is 0.752. The number of nitrogens with zero attached hydrogens (tertiary/aromatic N) is 3. The van der Waals surface area contributed by atoms with Crippen molar-refractivity contribution in [3.63, 3.8) is 0 Å². The zero-order chi connectivity index (χ0) is 20.5. The molecule has 3 rings (SSSR count). The first kappa shape index (κ1) is 20.8. The van der Waals surface area contributed by atoms with Crippen LogP contribution in [-0.4, -0.2) is 42.7 Å². The van der Waals surface area contributed by atoms with Crippen molar-refractivity contribution in [3.05, 3.63) is 65.0 Å². The van der Waals surface area contributed by atoms with Crippen LogP contribution in [-0.2, 0) is 22.8 Å². The maximum atomic E-state index is 12.9. The highest BCUT2D eigenvalue weighted by atomic mass is 32.2. The lowest BCUT2D eigenvalue weighted by atomic mass is 10.0. The van der Waals surface area contributed by atoms with Crippen LogP contribution in [0.2, 0.25) is 0 Å². The molecule has 0 radical (unpaired) electrons. The first-order chi connectivity index (χ1) is 13.1. The summed E-state index contributed by atoms with van der Waals surface area (Å²) in [6, 6.07) is 8.45. The number of alkyl halides is 3. The summed E-state index contributed by atoms with van der Waals surface area (Å²) in [4.78, 5) is 4.40. The lowest BCUT2D eigenvalue weighted by Crippen LogP contribution is -2.39. The molecule has 0 N–H and O–H groups in total. The largest absolute Gasteiger partial charge is 0.416 e. The Morgan fingerprint density at radius 3 is 2.54 bits per heavy atom. The van der Waals surface area contributed by atoms with Gasteiger partial charge in [-0.15, -0.1) is 0 Å². The van der Waals surface area contributed by atoms with Gasteiger partial charge >= 0.3 is 6.18 Å². The van der Waals surface area contributed by atoms with Gasteiger partial charge in [0.25, 0.3) is 10.2 Å². The zero-order valence-corrected chi connectivity index (χ0v) is 16.5. The molecule has 1 atom stereocenters. The maximum Gasteiger partial charge on any atom is 0.416 e. The average Bonchev–Trinajstić information content (AvgIpc) is 3.12. The van der Waals surface area contributed by atoms with E-state index in [1.807, 2.05) is 0 Å². The molecule has 0 spiro atoms. The van der Waals surface area contributed by atoms with Gasteiger partial charge in [0.05, 0.1) is 17.3 Å². The molecular formula is C19H22F3N3O2S. The van der Waals surface area contributed by atoms with Crippen molar-refractivity contribution < 1.29 is 21.6 Å². The van der Waals surface area contributed by atoms with Crippen LogP contribution in [0.1, 0.15) is 41.3 Å². The predicted octanol–water partition coefficient (Wildman–Crippen LogP) is 3.63. The summed E-state index contributed by atoms with van der Waals surface area (Å²) < 4.78 is 66.1. The molecule has 1 saturated heterocycles. The molecule has 1 aliphatic rings. The van der Waals surface area contributed by atoms with E-state index in [0.717, 1.165) is 24.1 Å². The third-order valence-corrected chi connectivity index (χ3v) is 6.77. The Balaban J connectivity index is 1.77. The average molecular weight is 413 g/mol.